The van der Waals surface area contributed by atoms with E-state index in [0.29, 0.717) is 0 Å². The highest BCUT2D eigenvalue weighted by molar-refractivity contribution is 7.63. The number of hydrogen-bond acceptors (Lipinski definition) is 6. The van der Waals surface area contributed by atoms with Gasteiger partial charge >= 0.3 is 0 Å². The van der Waals surface area contributed by atoms with Gasteiger partial charge in [0.15, 0.2) is 15.7 Å². The molecule has 1 aromatic carbocycles. The van der Waals surface area contributed by atoms with E-state index in [4.69, 9.17) is 18.4 Å². The molecular weight excluding hydrogens is 547 g/mol. The Balaban J connectivity index is 2.60. The molecule has 5 atom stereocenters. The summed E-state index contributed by atoms with van der Waals surface area (Å²) in [7, 11) is -7.50. The molecule has 0 radical (unpaired) electrons. The monoisotopic (exact) mass is 594 g/mol. The van der Waals surface area contributed by atoms with Crippen LogP contribution in [0.1, 0.15) is 46.1 Å². The Hall–Kier alpha value is -0.338. The maximum Gasteiger partial charge on any atom is 0.300 e. The van der Waals surface area contributed by atoms with E-state index in [1.807, 2.05) is 38.2 Å². The van der Waals surface area contributed by atoms with Gasteiger partial charge in [-0.3, -0.25) is 4.57 Å². The number of hydrogen-bond donors (Lipinski definition) is 0. The van der Waals surface area contributed by atoms with Crippen LogP contribution < -0.4 is 0 Å². The van der Waals surface area contributed by atoms with Gasteiger partial charge in [-0.15, -0.1) is 0 Å². The highest BCUT2D eigenvalue weighted by Crippen LogP contribution is 2.60. The molecule has 218 valence electrons. The second-order valence-electron chi connectivity index (χ2n) is 12.5. The fourth-order valence-corrected chi connectivity index (χ4v) is 7.90. The summed E-state index contributed by atoms with van der Waals surface area (Å²) in [6.07, 6.45) is -2.33. The van der Waals surface area contributed by atoms with Crippen molar-refractivity contribution in [3.8, 4) is 0 Å². The summed E-state index contributed by atoms with van der Waals surface area (Å²) in [5.41, 5.74) is -4.21. The number of ether oxygens (including phenoxy) is 2. The smallest absolute Gasteiger partial charge is 0.300 e. The lowest BCUT2D eigenvalue weighted by atomic mass is 9.85. The van der Waals surface area contributed by atoms with Gasteiger partial charge < -0.3 is 23.0 Å². The van der Waals surface area contributed by atoms with Crippen molar-refractivity contribution in [1.29, 1.82) is 0 Å². The molecule has 38 heavy (non-hydrogen) atoms. The molecule has 2 rings (SSSR count). The van der Waals surface area contributed by atoms with Crippen LogP contribution in [0.25, 0.3) is 0 Å². The zero-order chi connectivity index (χ0) is 29.2. The second kappa shape index (κ2) is 12.3. The summed E-state index contributed by atoms with van der Waals surface area (Å²) in [6, 6.07) is 8.90. The molecule has 6 nitrogen and oxygen atoms in total. The van der Waals surface area contributed by atoms with Crippen molar-refractivity contribution in [1.82, 2.24) is 0 Å². The SMILES string of the molecule is B[C@@H]1O[C@](CCP(C)(=O)OCC)(CC(F)(F)P(C)(C)=O)[C@H](OCc2ccccc2)C1O[Si](C)(C)C(C)(C)C. The number of halogens is 2. The Morgan fingerprint density at radius 1 is 1.11 bits per heavy atom. The number of rotatable bonds is 13. The summed E-state index contributed by atoms with van der Waals surface area (Å²) in [6.45, 7) is 16.4. The molecule has 1 fully saturated rings. The maximum atomic E-state index is 15.6. The zero-order valence-corrected chi connectivity index (χ0v) is 27.5. The Morgan fingerprint density at radius 3 is 2.18 bits per heavy atom. The van der Waals surface area contributed by atoms with Gasteiger partial charge in [-0.25, -0.2) is 0 Å². The molecule has 0 aliphatic carbocycles. The van der Waals surface area contributed by atoms with Gasteiger partial charge in [-0.05, 0) is 50.4 Å². The van der Waals surface area contributed by atoms with Gasteiger partial charge in [0, 0.05) is 12.8 Å². The summed E-state index contributed by atoms with van der Waals surface area (Å²) >= 11 is 0. The molecule has 1 aliphatic heterocycles. The molecule has 0 saturated carbocycles. The van der Waals surface area contributed by atoms with Gasteiger partial charge in [0.1, 0.15) is 26.7 Å². The summed E-state index contributed by atoms with van der Waals surface area (Å²) in [4.78, 5) is 0. The number of alkyl halides is 2. The van der Waals surface area contributed by atoms with Crippen molar-refractivity contribution < 1.29 is 36.3 Å². The van der Waals surface area contributed by atoms with E-state index in [1.54, 1.807) is 6.92 Å². The molecule has 0 bridgehead atoms. The Bertz CT molecular complexity index is 1020. The lowest BCUT2D eigenvalue weighted by molar-refractivity contribution is -0.136. The zero-order valence-electron chi connectivity index (χ0n) is 24.8. The van der Waals surface area contributed by atoms with Crippen LogP contribution in [0.5, 0.6) is 0 Å². The maximum absolute atomic E-state index is 15.6. The van der Waals surface area contributed by atoms with Crippen molar-refractivity contribution in [3.63, 3.8) is 0 Å². The third-order valence-electron chi connectivity index (χ3n) is 7.85. The summed E-state index contributed by atoms with van der Waals surface area (Å²) in [5, 5.41) is -0.136. The van der Waals surface area contributed by atoms with E-state index < -0.39 is 58.7 Å². The predicted octanol–water partition coefficient (Wildman–Crippen LogP) is 6.63. The quantitative estimate of drug-likeness (QED) is 0.189. The molecule has 0 aromatic heterocycles. The van der Waals surface area contributed by atoms with Crippen LogP contribution in [-0.4, -0.2) is 78.4 Å². The third-order valence-corrected chi connectivity index (χ3v) is 15.9. The van der Waals surface area contributed by atoms with Gasteiger partial charge in [-0.2, -0.15) is 8.78 Å². The largest absolute Gasteiger partial charge is 0.409 e. The molecule has 1 aromatic rings. The topological polar surface area (TPSA) is 71.1 Å². The molecule has 0 amide bonds. The van der Waals surface area contributed by atoms with Crippen LogP contribution in [0, 0.1) is 0 Å². The van der Waals surface area contributed by atoms with Crippen LogP contribution in [0.15, 0.2) is 30.3 Å². The van der Waals surface area contributed by atoms with Crippen LogP contribution in [0.3, 0.4) is 0 Å². The van der Waals surface area contributed by atoms with Crippen molar-refractivity contribution in [2.24, 2.45) is 0 Å². The molecule has 1 saturated heterocycles. The highest BCUT2D eigenvalue weighted by atomic mass is 31.2. The van der Waals surface area contributed by atoms with E-state index in [0.717, 1.165) is 18.9 Å². The molecule has 2 unspecified atom stereocenters. The minimum Gasteiger partial charge on any atom is -0.409 e. The number of benzene rings is 1. The molecule has 12 heteroatoms. The Morgan fingerprint density at radius 2 is 1.68 bits per heavy atom. The van der Waals surface area contributed by atoms with E-state index in [1.165, 1.54) is 6.66 Å². The van der Waals surface area contributed by atoms with E-state index in [-0.39, 0.29) is 30.8 Å². The van der Waals surface area contributed by atoms with Gasteiger partial charge in [0.2, 0.25) is 0 Å². The molecule has 1 heterocycles. The van der Waals surface area contributed by atoms with Gasteiger partial charge in [0.25, 0.3) is 5.66 Å². The normalized spacial score (nSPS) is 26.9. The molecular formula is C26H47BF2O6P2Si. The van der Waals surface area contributed by atoms with Crippen molar-refractivity contribution in [2.45, 2.75) is 94.8 Å². The van der Waals surface area contributed by atoms with Crippen LogP contribution >= 0.6 is 14.5 Å². The van der Waals surface area contributed by atoms with E-state index in [2.05, 4.69) is 33.9 Å². The molecule has 0 spiro atoms. The first-order valence-electron chi connectivity index (χ1n) is 13.3. The van der Waals surface area contributed by atoms with Gasteiger partial charge in [-0.1, -0.05) is 51.1 Å². The predicted molar refractivity (Wildman–Crippen MR) is 157 cm³/mol. The summed E-state index contributed by atoms with van der Waals surface area (Å²) in [5.74, 6) is 0. The Labute approximate surface area is 230 Å². The van der Waals surface area contributed by atoms with Crippen molar-refractivity contribution in [3.05, 3.63) is 35.9 Å². The summed E-state index contributed by atoms with van der Waals surface area (Å²) < 4.78 is 82.1. The van der Waals surface area contributed by atoms with Crippen LogP contribution in [0.4, 0.5) is 8.78 Å². The lowest BCUT2D eigenvalue weighted by Crippen LogP contribution is -2.53. The van der Waals surface area contributed by atoms with E-state index >= 15 is 8.78 Å². The average Bonchev–Trinajstić information content (AvgIpc) is 3.00. The highest BCUT2D eigenvalue weighted by Gasteiger charge is 2.62. The van der Waals surface area contributed by atoms with Crippen molar-refractivity contribution >= 4 is 30.7 Å². The molecule has 0 N–H and O–H groups in total. The minimum absolute atomic E-state index is 0.00245. The van der Waals surface area contributed by atoms with Crippen LogP contribution in [-0.2, 0) is 34.2 Å². The fourth-order valence-electron chi connectivity index (χ4n) is 4.44. The second-order valence-corrected chi connectivity index (χ2v) is 23.4. The average molecular weight is 594 g/mol. The first-order valence-corrected chi connectivity index (χ1v) is 21.1. The first kappa shape index (κ1) is 33.9. The third kappa shape index (κ3) is 8.34. The van der Waals surface area contributed by atoms with Gasteiger partial charge in [0.05, 0.1) is 31.7 Å². The van der Waals surface area contributed by atoms with E-state index in [9.17, 15) is 9.13 Å². The van der Waals surface area contributed by atoms with Crippen LogP contribution in [0.2, 0.25) is 18.1 Å². The standard InChI is InChI=1S/C26H47BF2O6P2Si/c1-10-33-37(7,31)17-16-25(19-26(28,29)36(5,6)30)22(32-18-20-14-12-11-13-15-20)21(23(27)34-25)35-38(8,9)24(2,3)4/h11-15,21-23H,10,16-19,27H2,1-9H3/t21?,22-,23-,25-,37?/m1/s1. The first-order chi connectivity index (χ1) is 17.2. The minimum atomic E-state index is -3.85. The molecule has 1 aliphatic rings. The van der Waals surface area contributed by atoms with Crippen molar-refractivity contribution in [2.75, 3.05) is 32.8 Å². The fraction of sp³-hybridized carbons (Fsp3) is 0.769. The Kier molecular flexibility index (Phi) is 10.9. The lowest BCUT2D eigenvalue weighted by Gasteiger charge is -2.42.